The predicted molar refractivity (Wildman–Crippen MR) is 267 cm³/mol. The fraction of sp³-hybridized carbons (Fsp3) is 0.268. The zero-order valence-corrected chi connectivity index (χ0v) is 38.6. The van der Waals surface area contributed by atoms with Crippen molar-refractivity contribution < 1.29 is 10.0 Å². The van der Waals surface area contributed by atoms with Gasteiger partial charge in [0.2, 0.25) is 17.9 Å². The average Bonchev–Trinajstić information content (AvgIpc) is 3.76. The number of nitrogens with two attached hydrogens (primary N) is 1. The van der Waals surface area contributed by atoms with E-state index in [-0.39, 0.29) is 23.2 Å². The van der Waals surface area contributed by atoms with E-state index in [4.69, 9.17) is 33.9 Å². The molecule has 3 spiro atoms. The third-order valence-electron chi connectivity index (χ3n) is 14.3. The van der Waals surface area contributed by atoms with E-state index in [2.05, 4.69) is 112 Å². The molecule has 6 aromatic carbocycles. The summed E-state index contributed by atoms with van der Waals surface area (Å²) in [7, 11) is 3.27. The van der Waals surface area contributed by atoms with Gasteiger partial charge in [-0.05, 0) is 144 Å². The SMILES string of the molecule is CNO.Cl.[C-]#[N+]c1cccc(-c2ccc3c(c2)C(=NC#N)C2(CCCc4ccccc4C2)C3)c1.[C-]#[N+]c1cccc(-c2ccc3c(c2)C2(N=C(N)N(C)O2)C2(CCCc4ccccc4C2)C3)c1. The Morgan fingerprint density at radius 2 is 1.22 bits per heavy atom. The van der Waals surface area contributed by atoms with Crippen LogP contribution in [0.25, 0.3) is 31.9 Å². The van der Waals surface area contributed by atoms with E-state index >= 15 is 0 Å². The van der Waals surface area contributed by atoms with E-state index in [9.17, 15) is 5.26 Å². The monoisotopic (exact) mass is 904 g/mol. The van der Waals surface area contributed by atoms with Crippen LogP contribution in [-0.2, 0) is 49.1 Å². The molecule has 6 aromatic rings. The zero-order chi connectivity index (χ0) is 45.9. The predicted octanol–water partition coefficient (Wildman–Crippen LogP) is 11.7. The smallest absolute Gasteiger partial charge is 0.221 e. The van der Waals surface area contributed by atoms with Crippen molar-refractivity contribution in [2.75, 3.05) is 14.1 Å². The van der Waals surface area contributed by atoms with Gasteiger partial charge in [0.25, 0.3) is 0 Å². The number of nitrogens with one attached hydrogen (secondary N) is 1. The molecule has 0 radical (unpaired) electrons. The first-order valence-electron chi connectivity index (χ1n) is 22.6. The minimum Gasteiger partial charge on any atom is -0.368 e. The van der Waals surface area contributed by atoms with Crippen molar-refractivity contribution >= 4 is 35.5 Å². The molecular weight excluding hydrogens is 852 g/mol. The lowest BCUT2D eigenvalue weighted by atomic mass is 9.71. The molecule has 0 amide bonds. The minimum absolute atomic E-state index is 0. The molecule has 3 unspecified atom stereocenters. The topological polar surface area (TPSA) is 128 Å². The van der Waals surface area contributed by atoms with Crippen LogP contribution in [0, 0.1) is 35.4 Å². The third-order valence-corrected chi connectivity index (χ3v) is 14.3. The molecule has 4 aliphatic carbocycles. The molecule has 1 heterocycles. The summed E-state index contributed by atoms with van der Waals surface area (Å²) in [5, 5.41) is 18.5. The van der Waals surface area contributed by atoms with Crippen LogP contribution in [0.3, 0.4) is 0 Å². The number of halogens is 1. The second-order valence-corrected chi connectivity index (χ2v) is 18.1. The van der Waals surface area contributed by atoms with E-state index in [0.717, 1.165) is 103 Å². The molecule has 0 fully saturated rings. The van der Waals surface area contributed by atoms with Crippen LogP contribution in [0.1, 0.15) is 70.2 Å². The van der Waals surface area contributed by atoms with Crippen LogP contribution >= 0.6 is 12.4 Å². The highest BCUT2D eigenvalue weighted by Crippen LogP contribution is 2.61. The fourth-order valence-corrected chi connectivity index (χ4v) is 11.3. The molecule has 11 heteroatoms. The lowest BCUT2D eigenvalue weighted by molar-refractivity contribution is -0.223. The molecule has 0 saturated heterocycles. The van der Waals surface area contributed by atoms with Gasteiger partial charge in [0, 0.05) is 36.1 Å². The van der Waals surface area contributed by atoms with Gasteiger partial charge in [0.05, 0.1) is 18.9 Å². The first-order chi connectivity index (χ1) is 32.2. The number of hydrogen-bond acceptors (Lipinski definition) is 8. The molecule has 336 valence electrons. The average molecular weight is 906 g/mol. The van der Waals surface area contributed by atoms with Crippen molar-refractivity contribution in [2.24, 2.45) is 26.5 Å². The maximum Gasteiger partial charge on any atom is 0.221 e. The lowest BCUT2D eigenvalue weighted by Crippen LogP contribution is -2.44. The highest BCUT2D eigenvalue weighted by atomic mass is 35.5. The van der Waals surface area contributed by atoms with Crippen molar-refractivity contribution in [2.45, 2.75) is 69.9 Å². The van der Waals surface area contributed by atoms with Crippen molar-refractivity contribution in [1.29, 1.82) is 5.26 Å². The van der Waals surface area contributed by atoms with Gasteiger partial charge in [-0.1, -0.05) is 109 Å². The molecule has 10 nitrogen and oxygen atoms in total. The van der Waals surface area contributed by atoms with Crippen molar-refractivity contribution in [3.05, 3.63) is 201 Å². The molecule has 11 rings (SSSR count). The molecule has 0 bridgehead atoms. The Morgan fingerprint density at radius 3 is 1.81 bits per heavy atom. The molecule has 4 N–H and O–H groups in total. The van der Waals surface area contributed by atoms with E-state index in [1.54, 1.807) is 10.5 Å². The van der Waals surface area contributed by atoms with Crippen molar-refractivity contribution in [1.82, 2.24) is 10.5 Å². The summed E-state index contributed by atoms with van der Waals surface area (Å²) in [5.41, 5.74) is 23.7. The number of aryl methyl sites for hydroxylation is 2. The van der Waals surface area contributed by atoms with Gasteiger partial charge in [-0.3, -0.25) is 0 Å². The first kappa shape index (κ1) is 46.4. The van der Waals surface area contributed by atoms with Crippen LogP contribution < -0.4 is 11.2 Å². The Balaban J connectivity index is 0.000000170. The molecule has 67 heavy (non-hydrogen) atoms. The maximum atomic E-state index is 9.52. The van der Waals surface area contributed by atoms with Crippen molar-refractivity contribution in [3.8, 4) is 28.4 Å². The van der Waals surface area contributed by atoms with Crippen LogP contribution in [-0.4, -0.2) is 36.0 Å². The Morgan fingerprint density at radius 1 is 0.701 bits per heavy atom. The number of nitrogens with zero attached hydrogens (tertiary/aromatic N) is 6. The largest absolute Gasteiger partial charge is 0.368 e. The summed E-state index contributed by atoms with van der Waals surface area (Å²) in [6, 6.07) is 46.0. The molecule has 0 saturated carbocycles. The summed E-state index contributed by atoms with van der Waals surface area (Å²) >= 11 is 0. The first-order valence-corrected chi connectivity index (χ1v) is 22.6. The number of aliphatic imine (C=N–C) groups is 2. The van der Waals surface area contributed by atoms with Crippen LogP contribution in [0.2, 0.25) is 0 Å². The van der Waals surface area contributed by atoms with Crippen LogP contribution in [0.4, 0.5) is 11.4 Å². The van der Waals surface area contributed by atoms with Gasteiger partial charge >= 0.3 is 0 Å². The van der Waals surface area contributed by atoms with Crippen molar-refractivity contribution in [3.63, 3.8) is 0 Å². The Labute approximate surface area is 399 Å². The quantitative estimate of drug-likeness (QED) is 0.0902. The second-order valence-electron chi connectivity index (χ2n) is 18.1. The third kappa shape index (κ3) is 8.60. The number of nitriles is 1. The van der Waals surface area contributed by atoms with Crippen LogP contribution in [0.15, 0.2) is 143 Å². The van der Waals surface area contributed by atoms with E-state index in [1.165, 1.54) is 40.4 Å². The summed E-state index contributed by atoms with van der Waals surface area (Å²) in [6.45, 7) is 14.7. The van der Waals surface area contributed by atoms with Gasteiger partial charge in [-0.2, -0.15) is 10.3 Å². The van der Waals surface area contributed by atoms with E-state index in [1.807, 2.05) is 49.5 Å². The highest BCUT2D eigenvalue weighted by molar-refractivity contribution is 6.10. The lowest BCUT2D eigenvalue weighted by Gasteiger charge is -2.40. The molecule has 1 aliphatic heterocycles. The number of fused-ring (bicyclic) bond motifs is 6. The van der Waals surface area contributed by atoms with E-state index in [0.29, 0.717) is 17.3 Å². The van der Waals surface area contributed by atoms with Gasteiger partial charge in [0.1, 0.15) is 0 Å². The van der Waals surface area contributed by atoms with Crippen LogP contribution in [0.5, 0.6) is 0 Å². The number of hydrogen-bond donors (Lipinski definition) is 3. The van der Waals surface area contributed by atoms with E-state index < -0.39 is 5.72 Å². The number of benzene rings is 6. The molecule has 5 aliphatic rings. The number of hydroxylamine groups is 3. The Hall–Kier alpha value is -7.10. The standard InChI is InChI=1S/C28H26N4O.C27H21N3.CH5NO.ClH/c1-30-24-11-5-9-20(15-24)21-12-13-23-18-27(14-6-10-19-7-3-4-8-22(19)17-27)28(25(23)16-21)31-26(29)32(2)33-28;1-29-24-10-4-8-20(14-24)21-11-12-23-17-27(26(30-18-28)25(23)15-21)13-5-9-19-6-2-3-7-22(19)16-27;1-2-3;/h3-5,7-9,11-13,15-16H,6,10,14,17-18H2,2H3,(H2,29,31);2-4,6-8,10-12,14-15H,5,9,13,16-17H2;2-3H,1H3;1H. The minimum atomic E-state index is -0.841. The highest BCUT2D eigenvalue weighted by Gasteiger charge is 2.63. The van der Waals surface area contributed by atoms with Gasteiger partial charge in [-0.15, -0.1) is 12.4 Å². The summed E-state index contributed by atoms with van der Waals surface area (Å²) in [5.74, 6) is 0.417. The Kier molecular flexibility index (Phi) is 13.4. The summed E-state index contributed by atoms with van der Waals surface area (Å²) in [6.07, 6.45) is 12.2. The van der Waals surface area contributed by atoms with Gasteiger partial charge in [-0.25, -0.2) is 30.1 Å². The molecule has 0 aromatic heterocycles. The fourth-order valence-electron chi connectivity index (χ4n) is 11.3. The summed E-state index contributed by atoms with van der Waals surface area (Å²) < 4.78 is 0. The summed E-state index contributed by atoms with van der Waals surface area (Å²) in [4.78, 5) is 23.2. The zero-order valence-electron chi connectivity index (χ0n) is 37.8. The van der Waals surface area contributed by atoms with Gasteiger partial charge in [0.15, 0.2) is 11.4 Å². The second kappa shape index (κ2) is 19.4. The molecular formula is C56H53ClN8O2. The molecule has 3 atom stereocenters. The maximum absolute atomic E-state index is 9.52. The number of guanidine groups is 1. The number of rotatable bonds is 2. The normalized spacial score (nSPS) is 22.1. The van der Waals surface area contributed by atoms with Gasteiger partial charge < -0.3 is 10.9 Å². The Bertz CT molecular complexity index is 3040.